The molecule has 0 aliphatic heterocycles. The molecule has 2 aromatic carbocycles. The lowest BCUT2D eigenvalue weighted by Crippen LogP contribution is -2.22. The Morgan fingerprint density at radius 2 is 1.89 bits per heavy atom. The van der Waals surface area contributed by atoms with Crippen molar-refractivity contribution >= 4 is 27.6 Å². The summed E-state index contributed by atoms with van der Waals surface area (Å²) >= 11 is 6.05. The van der Waals surface area contributed by atoms with E-state index in [0.29, 0.717) is 12.2 Å². The highest BCUT2D eigenvalue weighted by Gasteiger charge is 2.22. The number of hydrogen-bond donors (Lipinski definition) is 0. The van der Waals surface area contributed by atoms with E-state index < -0.39 is 16.0 Å². The number of esters is 1. The van der Waals surface area contributed by atoms with E-state index in [9.17, 15) is 13.2 Å². The first-order chi connectivity index (χ1) is 12.7. The maximum atomic E-state index is 12.6. The van der Waals surface area contributed by atoms with E-state index in [1.807, 2.05) is 6.07 Å². The van der Waals surface area contributed by atoms with Gasteiger partial charge in [0.15, 0.2) is 11.5 Å². The van der Waals surface area contributed by atoms with E-state index in [4.69, 9.17) is 26.3 Å². The normalized spacial score (nSPS) is 11.1. The van der Waals surface area contributed by atoms with Crippen LogP contribution in [0.5, 0.6) is 11.5 Å². The third-order valence-electron chi connectivity index (χ3n) is 3.51. The molecule has 0 aromatic heterocycles. The maximum absolute atomic E-state index is 12.6. The molecular formula is C18H17ClN2O5S. The zero-order valence-corrected chi connectivity index (χ0v) is 16.5. The van der Waals surface area contributed by atoms with Crippen molar-refractivity contribution in [3.05, 3.63) is 52.5 Å². The molecule has 2 aromatic rings. The number of sulfonamides is 1. The van der Waals surface area contributed by atoms with Gasteiger partial charge in [0.1, 0.15) is 0 Å². The lowest BCUT2D eigenvalue weighted by Gasteiger charge is -2.14. The van der Waals surface area contributed by atoms with Crippen LogP contribution >= 0.6 is 11.6 Å². The SMILES string of the molecule is CCOc1cc(C#N)ccc1OC(=O)c1cc(S(=O)(=O)N(C)C)ccc1Cl. The van der Waals surface area contributed by atoms with Gasteiger partial charge in [-0.2, -0.15) is 5.26 Å². The maximum Gasteiger partial charge on any atom is 0.345 e. The molecule has 9 heteroatoms. The molecule has 0 bridgehead atoms. The molecule has 0 aliphatic carbocycles. The van der Waals surface area contributed by atoms with Crippen molar-refractivity contribution in [2.75, 3.05) is 20.7 Å². The minimum Gasteiger partial charge on any atom is -0.490 e. The van der Waals surface area contributed by atoms with E-state index in [1.54, 1.807) is 6.92 Å². The fourth-order valence-corrected chi connectivity index (χ4v) is 3.24. The average molecular weight is 409 g/mol. The quantitative estimate of drug-likeness (QED) is 0.538. The number of carbonyl (C=O) groups excluding carboxylic acids is 1. The minimum absolute atomic E-state index is 0.0457. The van der Waals surface area contributed by atoms with Crippen LogP contribution in [-0.2, 0) is 10.0 Å². The number of carbonyl (C=O) groups is 1. The third-order valence-corrected chi connectivity index (χ3v) is 5.65. The second-order valence-corrected chi connectivity index (χ2v) is 8.08. The Kier molecular flexibility index (Phi) is 6.44. The van der Waals surface area contributed by atoms with Crippen LogP contribution in [-0.4, -0.2) is 39.4 Å². The molecule has 0 N–H and O–H groups in total. The summed E-state index contributed by atoms with van der Waals surface area (Å²) < 4.78 is 36.3. The van der Waals surface area contributed by atoms with Crippen LogP contribution in [0.2, 0.25) is 5.02 Å². The molecular weight excluding hydrogens is 392 g/mol. The highest BCUT2D eigenvalue weighted by molar-refractivity contribution is 7.89. The predicted octanol–water partition coefficient (Wildman–Crippen LogP) is 3.08. The zero-order chi connectivity index (χ0) is 20.2. The number of ether oxygens (including phenoxy) is 2. The summed E-state index contributed by atoms with van der Waals surface area (Å²) in [6.07, 6.45) is 0. The Morgan fingerprint density at radius 3 is 2.48 bits per heavy atom. The van der Waals surface area contributed by atoms with Crippen LogP contribution in [0.25, 0.3) is 0 Å². The van der Waals surface area contributed by atoms with Crippen LogP contribution in [0.15, 0.2) is 41.3 Å². The smallest absolute Gasteiger partial charge is 0.345 e. The zero-order valence-electron chi connectivity index (χ0n) is 14.9. The number of benzene rings is 2. The Morgan fingerprint density at radius 1 is 1.19 bits per heavy atom. The number of hydrogen-bond acceptors (Lipinski definition) is 6. The molecule has 27 heavy (non-hydrogen) atoms. The van der Waals surface area contributed by atoms with E-state index in [1.165, 1.54) is 44.4 Å². The fourth-order valence-electron chi connectivity index (χ4n) is 2.12. The third kappa shape index (κ3) is 4.57. The van der Waals surface area contributed by atoms with Crippen molar-refractivity contribution in [1.29, 1.82) is 5.26 Å². The predicted molar refractivity (Wildman–Crippen MR) is 99.6 cm³/mol. The molecule has 142 valence electrons. The standard InChI is InChI=1S/C18H17ClN2O5S/c1-4-25-17-9-12(11-20)5-8-16(17)26-18(22)14-10-13(6-7-15(14)19)27(23,24)21(2)3/h5-10H,4H2,1-3H3. The minimum atomic E-state index is -3.74. The number of rotatable bonds is 6. The van der Waals surface area contributed by atoms with Crippen molar-refractivity contribution in [2.24, 2.45) is 0 Å². The van der Waals surface area contributed by atoms with Crippen molar-refractivity contribution in [3.63, 3.8) is 0 Å². The van der Waals surface area contributed by atoms with E-state index in [-0.39, 0.29) is 27.0 Å². The first-order valence-electron chi connectivity index (χ1n) is 7.82. The van der Waals surface area contributed by atoms with Gasteiger partial charge in [0.2, 0.25) is 10.0 Å². The van der Waals surface area contributed by atoms with Crippen molar-refractivity contribution in [2.45, 2.75) is 11.8 Å². The van der Waals surface area contributed by atoms with Gasteiger partial charge in [-0.1, -0.05) is 11.6 Å². The van der Waals surface area contributed by atoms with Gasteiger partial charge < -0.3 is 9.47 Å². The van der Waals surface area contributed by atoms with E-state index >= 15 is 0 Å². The van der Waals surface area contributed by atoms with Gasteiger partial charge in [-0.15, -0.1) is 0 Å². The molecule has 7 nitrogen and oxygen atoms in total. The fraction of sp³-hybridized carbons (Fsp3) is 0.222. The Labute approximate surface area is 162 Å². The molecule has 0 saturated carbocycles. The monoisotopic (exact) mass is 408 g/mol. The van der Waals surface area contributed by atoms with E-state index in [2.05, 4.69) is 0 Å². The van der Waals surface area contributed by atoms with Gasteiger partial charge in [0.25, 0.3) is 0 Å². The molecule has 0 heterocycles. The van der Waals surface area contributed by atoms with Crippen LogP contribution in [0.3, 0.4) is 0 Å². The summed E-state index contributed by atoms with van der Waals surface area (Å²) in [6.45, 7) is 2.05. The Hall–Kier alpha value is -2.60. The van der Waals surface area contributed by atoms with Gasteiger partial charge >= 0.3 is 5.97 Å². The molecule has 0 radical (unpaired) electrons. The highest BCUT2D eigenvalue weighted by Crippen LogP contribution is 2.30. The van der Waals surface area contributed by atoms with Crippen molar-refractivity contribution in [3.8, 4) is 17.6 Å². The summed E-state index contributed by atoms with van der Waals surface area (Å²) in [7, 11) is -0.978. The van der Waals surface area contributed by atoms with Gasteiger partial charge in [0.05, 0.1) is 33.7 Å². The largest absolute Gasteiger partial charge is 0.490 e. The summed E-state index contributed by atoms with van der Waals surface area (Å²) in [4.78, 5) is 12.5. The van der Waals surface area contributed by atoms with Gasteiger partial charge in [0, 0.05) is 20.2 Å². The lowest BCUT2D eigenvalue weighted by molar-refractivity contribution is 0.0728. The average Bonchev–Trinajstić information content (AvgIpc) is 2.63. The summed E-state index contributed by atoms with van der Waals surface area (Å²) in [6, 6.07) is 10.1. The first kappa shape index (κ1) is 20.7. The number of nitrogens with zero attached hydrogens (tertiary/aromatic N) is 2. The van der Waals surface area contributed by atoms with Crippen molar-refractivity contribution < 1.29 is 22.7 Å². The van der Waals surface area contributed by atoms with Gasteiger partial charge in [-0.05, 0) is 37.3 Å². The van der Waals surface area contributed by atoms with Crippen molar-refractivity contribution in [1.82, 2.24) is 4.31 Å². The van der Waals surface area contributed by atoms with Crippen LogP contribution in [0.4, 0.5) is 0 Å². The van der Waals surface area contributed by atoms with Crippen LogP contribution in [0, 0.1) is 11.3 Å². The highest BCUT2D eigenvalue weighted by atomic mass is 35.5. The first-order valence-corrected chi connectivity index (χ1v) is 9.63. The number of nitriles is 1. The molecule has 0 aliphatic rings. The molecule has 0 saturated heterocycles. The summed E-state index contributed by atoms with van der Waals surface area (Å²) in [5.41, 5.74) is 0.238. The lowest BCUT2D eigenvalue weighted by atomic mass is 10.2. The molecule has 0 unspecified atom stereocenters. The van der Waals surface area contributed by atoms with Crippen LogP contribution in [0.1, 0.15) is 22.8 Å². The second-order valence-electron chi connectivity index (χ2n) is 5.52. The van der Waals surface area contributed by atoms with Gasteiger partial charge in [-0.25, -0.2) is 17.5 Å². The van der Waals surface area contributed by atoms with Gasteiger partial charge in [-0.3, -0.25) is 0 Å². The molecule has 0 atom stereocenters. The topological polar surface area (TPSA) is 96.7 Å². The second kappa shape index (κ2) is 8.39. The Balaban J connectivity index is 2.41. The van der Waals surface area contributed by atoms with Crippen LogP contribution < -0.4 is 9.47 Å². The molecule has 0 amide bonds. The summed E-state index contributed by atoms with van der Waals surface area (Å²) in [5.74, 6) is -0.530. The number of halogens is 1. The summed E-state index contributed by atoms with van der Waals surface area (Å²) in [5, 5.41) is 9.02. The Bertz CT molecular complexity index is 1010. The molecule has 2 rings (SSSR count). The molecule has 0 spiro atoms. The molecule has 0 fully saturated rings. The van der Waals surface area contributed by atoms with E-state index in [0.717, 1.165) is 10.4 Å².